The molecule has 1 unspecified atom stereocenters. The number of H-pyrrole nitrogens is 1. The number of imidazole rings is 1. The van der Waals surface area contributed by atoms with E-state index in [1.807, 2.05) is 19.0 Å². The fourth-order valence-corrected chi connectivity index (χ4v) is 3.78. The molecule has 1 aliphatic rings. The van der Waals surface area contributed by atoms with Crippen molar-refractivity contribution in [1.29, 1.82) is 0 Å². The fourth-order valence-electron chi connectivity index (χ4n) is 3.78. The summed E-state index contributed by atoms with van der Waals surface area (Å²) in [6, 6.07) is 5.35. The van der Waals surface area contributed by atoms with Gasteiger partial charge >= 0.3 is 0 Å². The molecular weight excluding hydrogens is 418 g/mol. The van der Waals surface area contributed by atoms with Crippen molar-refractivity contribution in [2.75, 3.05) is 40.8 Å². The Morgan fingerprint density at radius 2 is 2.00 bits per heavy atom. The van der Waals surface area contributed by atoms with Crippen LogP contribution in [0.1, 0.15) is 34.3 Å². The number of hydrogen-bond acceptors (Lipinski definition) is 5. The maximum absolute atomic E-state index is 14.6. The van der Waals surface area contributed by atoms with Crippen LogP contribution < -0.4 is 9.47 Å². The van der Waals surface area contributed by atoms with E-state index in [1.165, 1.54) is 0 Å². The normalized spacial score (nSPS) is 15.5. The molecule has 1 amide bonds. The number of aryl methyl sites for hydroxylation is 1. The van der Waals surface area contributed by atoms with Gasteiger partial charge in [-0.3, -0.25) is 4.79 Å². The Bertz CT molecular complexity index is 1160. The number of nitrogens with zero attached hydrogens (tertiary/aromatic N) is 3. The largest absolute Gasteiger partial charge is 0.493 e. The van der Waals surface area contributed by atoms with Crippen molar-refractivity contribution in [3.05, 3.63) is 52.9 Å². The molecule has 0 saturated heterocycles. The van der Waals surface area contributed by atoms with E-state index in [1.54, 1.807) is 31.0 Å². The second-order valence-electron chi connectivity index (χ2n) is 8.27. The van der Waals surface area contributed by atoms with Crippen molar-refractivity contribution in [1.82, 2.24) is 19.8 Å². The van der Waals surface area contributed by atoms with Gasteiger partial charge in [-0.25, -0.2) is 13.8 Å². The number of aromatic nitrogens is 2. The van der Waals surface area contributed by atoms with Gasteiger partial charge in [-0.1, -0.05) is 0 Å². The molecule has 2 heterocycles. The lowest BCUT2D eigenvalue weighted by molar-refractivity contribution is 0.0785. The van der Waals surface area contributed by atoms with Gasteiger partial charge in [0, 0.05) is 44.3 Å². The number of amides is 1. The van der Waals surface area contributed by atoms with E-state index < -0.39 is 17.7 Å². The van der Waals surface area contributed by atoms with Crippen LogP contribution in [0, 0.1) is 18.6 Å². The van der Waals surface area contributed by atoms with Crippen molar-refractivity contribution >= 4 is 16.9 Å². The number of rotatable bonds is 6. The smallest absolute Gasteiger partial charge is 0.253 e. The monoisotopic (exact) mass is 444 g/mol. The number of halogens is 2. The first kappa shape index (κ1) is 22.0. The molecule has 1 aliphatic heterocycles. The standard InChI is InChI=1S/C23H26F2N4O3/c1-13-26-17-9-14(23(30)29(4)7-6-28(2)3)10-20(22(17)27-13)32-18-5-8-31-19-12-15(24)11-16(25)21(18)19/h9-12,18H,5-8H2,1-4H3,(H,26,27). The lowest BCUT2D eigenvalue weighted by atomic mass is 10.0. The highest BCUT2D eigenvalue weighted by atomic mass is 19.1. The number of carbonyl (C=O) groups is 1. The quantitative estimate of drug-likeness (QED) is 0.628. The lowest BCUT2D eigenvalue weighted by Crippen LogP contribution is -2.33. The summed E-state index contributed by atoms with van der Waals surface area (Å²) in [4.78, 5) is 24.3. The van der Waals surface area contributed by atoms with Crippen LogP contribution in [0.5, 0.6) is 11.5 Å². The summed E-state index contributed by atoms with van der Waals surface area (Å²) in [7, 11) is 5.63. The third kappa shape index (κ3) is 4.38. The minimum Gasteiger partial charge on any atom is -0.493 e. The first-order valence-corrected chi connectivity index (χ1v) is 10.4. The van der Waals surface area contributed by atoms with Gasteiger partial charge < -0.3 is 24.3 Å². The summed E-state index contributed by atoms with van der Waals surface area (Å²) in [5.74, 6) is -0.445. The van der Waals surface area contributed by atoms with Crippen molar-refractivity contribution in [3.63, 3.8) is 0 Å². The number of ether oxygens (including phenoxy) is 2. The summed E-state index contributed by atoms with van der Waals surface area (Å²) in [6.07, 6.45) is -0.321. The van der Waals surface area contributed by atoms with Crippen molar-refractivity contribution in [3.8, 4) is 11.5 Å². The molecule has 4 rings (SSSR count). The summed E-state index contributed by atoms with van der Waals surface area (Å²) < 4.78 is 39.8. The molecule has 3 aromatic rings. The molecule has 0 aliphatic carbocycles. The van der Waals surface area contributed by atoms with Crippen LogP contribution in [-0.2, 0) is 0 Å². The molecule has 7 nitrogen and oxygen atoms in total. The molecule has 9 heteroatoms. The topological polar surface area (TPSA) is 70.7 Å². The molecule has 32 heavy (non-hydrogen) atoms. The van der Waals surface area contributed by atoms with Gasteiger partial charge in [0.25, 0.3) is 5.91 Å². The van der Waals surface area contributed by atoms with E-state index in [4.69, 9.17) is 9.47 Å². The highest BCUT2D eigenvalue weighted by Crippen LogP contribution is 2.39. The second kappa shape index (κ2) is 8.74. The van der Waals surface area contributed by atoms with Gasteiger partial charge in [-0.2, -0.15) is 0 Å². The summed E-state index contributed by atoms with van der Waals surface area (Å²) in [6.45, 7) is 3.35. The van der Waals surface area contributed by atoms with Gasteiger partial charge in [0.1, 0.15) is 40.6 Å². The molecular formula is C23H26F2N4O3. The average molecular weight is 444 g/mol. The van der Waals surface area contributed by atoms with Crippen LogP contribution in [0.3, 0.4) is 0 Å². The Labute approximate surface area is 184 Å². The number of aromatic amines is 1. The molecule has 0 radical (unpaired) electrons. The molecule has 0 bridgehead atoms. The number of likely N-dealkylation sites (N-methyl/N-ethyl adjacent to an activating group) is 2. The van der Waals surface area contributed by atoms with Crippen LogP contribution >= 0.6 is 0 Å². The van der Waals surface area contributed by atoms with Gasteiger partial charge in [-0.15, -0.1) is 0 Å². The number of carbonyl (C=O) groups excluding carboxylic acids is 1. The molecule has 0 fully saturated rings. The number of benzene rings is 2. The first-order chi connectivity index (χ1) is 15.2. The van der Waals surface area contributed by atoms with E-state index in [2.05, 4.69) is 9.97 Å². The summed E-state index contributed by atoms with van der Waals surface area (Å²) in [5, 5.41) is 0. The minimum atomic E-state index is -0.727. The molecule has 170 valence electrons. The Kier molecular flexibility index (Phi) is 6.01. The zero-order valence-electron chi connectivity index (χ0n) is 18.5. The van der Waals surface area contributed by atoms with Crippen LogP contribution in [0.15, 0.2) is 24.3 Å². The van der Waals surface area contributed by atoms with E-state index >= 15 is 0 Å². The first-order valence-electron chi connectivity index (χ1n) is 10.4. The van der Waals surface area contributed by atoms with Crippen molar-refractivity contribution in [2.45, 2.75) is 19.4 Å². The van der Waals surface area contributed by atoms with E-state index in [0.717, 1.165) is 18.7 Å². The Balaban J connectivity index is 1.70. The summed E-state index contributed by atoms with van der Waals surface area (Å²) in [5.41, 5.74) is 1.80. The Hall–Kier alpha value is -3.20. The summed E-state index contributed by atoms with van der Waals surface area (Å²) >= 11 is 0. The zero-order chi connectivity index (χ0) is 23.0. The van der Waals surface area contributed by atoms with Crippen molar-refractivity contribution < 1.29 is 23.0 Å². The predicted octanol–water partition coefficient (Wildman–Crippen LogP) is 3.69. The van der Waals surface area contributed by atoms with Crippen LogP contribution in [-0.4, -0.2) is 66.5 Å². The molecule has 0 saturated carbocycles. The molecule has 1 atom stereocenters. The van der Waals surface area contributed by atoms with E-state index in [0.29, 0.717) is 41.1 Å². The van der Waals surface area contributed by atoms with Crippen LogP contribution in [0.4, 0.5) is 8.78 Å². The fraction of sp³-hybridized carbons (Fsp3) is 0.391. The maximum Gasteiger partial charge on any atom is 0.253 e. The van der Waals surface area contributed by atoms with Crippen molar-refractivity contribution in [2.24, 2.45) is 0 Å². The van der Waals surface area contributed by atoms with Gasteiger partial charge in [-0.05, 0) is 33.2 Å². The predicted molar refractivity (Wildman–Crippen MR) is 116 cm³/mol. The van der Waals surface area contributed by atoms with Gasteiger partial charge in [0.15, 0.2) is 0 Å². The Morgan fingerprint density at radius 1 is 1.22 bits per heavy atom. The maximum atomic E-state index is 14.6. The van der Waals surface area contributed by atoms with Crippen LogP contribution in [0.25, 0.3) is 11.0 Å². The van der Waals surface area contributed by atoms with Gasteiger partial charge in [0.2, 0.25) is 0 Å². The highest BCUT2D eigenvalue weighted by molar-refractivity contribution is 5.99. The molecule has 0 spiro atoms. The molecule has 1 aromatic heterocycles. The zero-order valence-corrected chi connectivity index (χ0v) is 18.5. The SMILES string of the molecule is Cc1nc2c(OC3CCOc4cc(F)cc(F)c43)cc(C(=O)N(C)CCN(C)C)cc2[nH]1. The second-order valence-corrected chi connectivity index (χ2v) is 8.27. The number of hydrogen-bond donors (Lipinski definition) is 1. The minimum absolute atomic E-state index is 0.129. The van der Waals surface area contributed by atoms with Crippen LogP contribution in [0.2, 0.25) is 0 Å². The Morgan fingerprint density at radius 3 is 2.75 bits per heavy atom. The molecule has 2 aromatic carbocycles. The molecule has 1 N–H and O–H groups in total. The average Bonchev–Trinajstić information content (AvgIpc) is 3.11. The lowest BCUT2D eigenvalue weighted by Gasteiger charge is -2.27. The third-order valence-corrected chi connectivity index (χ3v) is 5.43. The van der Waals surface area contributed by atoms with E-state index in [-0.39, 0.29) is 23.8 Å². The van der Waals surface area contributed by atoms with Gasteiger partial charge in [0.05, 0.1) is 17.7 Å². The van der Waals surface area contributed by atoms with E-state index in [9.17, 15) is 13.6 Å². The highest BCUT2D eigenvalue weighted by Gasteiger charge is 2.29. The number of fused-ring (bicyclic) bond motifs is 2. The third-order valence-electron chi connectivity index (χ3n) is 5.43. The number of nitrogens with one attached hydrogen (secondary N) is 1.